The van der Waals surface area contributed by atoms with Crippen molar-refractivity contribution in [3.05, 3.63) is 0 Å². The molecule has 0 radical (unpaired) electrons. The molecule has 7 heteroatoms. The molecule has 0 aromatic rings. The Morgan fingerprint density at radius 3 is 2.30 bits per heavy atom. The summed E-state index contributed by atoms with van der Waals surface area (Å²) in [6.45, 7) is 0.644. The highest BCUT2D eigenvalue weighted by atomic mass is 32.2. The molecular formula is C13H22F3NO2S. The molecule has 1 heterocycles. The van der Waals surface area contributed by atoms with Crippen molar-refractivity contribution in [1.82, 2.24) is 5.32 Å². The molecule has 2 atom stereocenters. The van der Waals surface area contributed by atoms with Crippen LogP contribution in [0.15, 0.2) is 0 Å². The monoisotopic (exact) mass is 313 g/mol. The van der Waals surface area contributed by atoms with E-state index in [0.29, 0.717) is 25.8 Å². The highest BCUT2D eigenvalue weighted by Gasteiger charge is 2.42. The maximum absolute atomic E-state index is 12.7. The smallest absolute Gasteiger partial charge is 0.314 e. The highest BCUT2D eigenvalue weighted by Crippen LogP contribution is 2.37. The molecule has 0 unspecified atom stereocenters. The minimum Gasteiger partial charge on any atom is -0.314 e. The normalized spacial score (nSPS) is 32.1. The second kappa shape index (κ2) is 6.22. The molecule has 2 rings (SSSR count). The van der Waals surface area contributed by atoms with E-state index in [2.05, 4.69) is 5.32 Å². The lowest BCUT2D eigenvalue weighted by atomic mass is 9.85. The van der Waals surface area contributed by atoms with Crippen molar-refractivity contribution >= 4 is 9.84 Å². The van der Waals surface area contributed by atoms with Crippen molar-refractivity contribution in [3.63, 3.8) is 0 Å². The van der Waals surface area contributed by atoms with Gasteiger partial charge in [-0.3, -0.25) is 0 Å². The van der Waals surface area contributed by atoms with Gasteiger partial charge in [-0.05, 0) is 44.6 Å². The van der Waals surface area contributed by atoms with Gasteiger partial charge in [-0.2, -0.15) is 13.2 Å². The second-order valence-corrected chi connectivity index (χ2v) is 8.41. The van der Waals surface area contributed by atoms with Crippen LogP contribution in [0.4, 0.5) is 13.2 Å². The number of halogens is 3. The van der Waals surface area contributed by atoms with Crippen LogP contribution >= 0.6 is 0 Å². The van der Waals surface area contributed by atoms with Crippen molar-refractivity contribution in [2.24, 2.45) is 11.8 Å². The summed E-state index contributed by atoms with van der Waals surface area (Å²) in [5.41, 5.74) is 0. The number of hydrogen-bond donors (Lipinski definition) is 1. The van der Waals surface area contributed by atoms with Gasteiger partial charge < -0.3 is 5.32 Å². The molecule has 1 aliphatic carbocycles. The maximum atomic E-state index is 12.7. The van der Waals surface area contributed by atoms with Gasteiger partial charge >= 0.3 is 6.18 Å². The number of nitrogens with one attached hydrogen (secondary N) is 1. The minimum absolute atomic E-state index is 0.0751. The lowest BCUT2D eigenvalue weighted by molar-refractivity contribution is -0.183. The molecule has 0 aromatic heterocycles. The average molecular weight is 313 g/mol. The standard InChI is InChI=1S/C13H22F3NO2S/c14-13(15,16)11-2-1-3-12(8-11)17-9-10-4-6-20(18,19)7-5-10/h10-12,17H,1-9H2/t11-,12+/m0/s1. The van der Waals surface area contributed by atoms with Gasteiger partial charge in [0.2, 0.25) is 0 Å². The third kappa shape index (κ3) is 4.62. The van der Waals surface area contributed by atoms with Gasteiger partial charge in [-0.1, -0.05) is 6.42 Å². The van der Waals surface area contributed by atoms with Gasteiger partial charge in [0.05, 0.1) is 17.4 Å². The molecule has 3 nitrogen and oxygen atoms in total. The Morgan fingerprint density at radius 1 is 1.05 bits per heavy atom. The van der Waals surface area contributed by atoms with Crippen LogP contribution in [0, 0.1) is 11.8 Å². The molecule has 1 saturated heterocycles. The fourth-order valence-corrected chi connectivity index (χ4v) is 4.74. The molecule has 0 spiro atoms. The zero-order chi connectivity index (χ0) is 14.8. The quantitative estimate of drug-likeness (QED) is 0.871. The summed E-state index contributed by atoms with van der Waals surface area (Å²) in [7, 11) is -2.86. The molecule has 1 saturated carbocycles. The molecule has 1 aliphatic heterocycles. The van der Waals surface area contributed by atoms with Gasteiger partial charge in [0, 0.05) is 6.04 Å². The lowest BCUT2D eigenvalue weighted by Crippen LogP contribution is -2.41. The summed E-state index contributed by atoms with van der Waals surface area (Å²) < 4.78 is 60.7. The average Bonchev–Trinajstić information content (AvgIpc) is 2.37. The van der Waals surface area contributed by atoms with Crippen LogP contribution in [0.2, 0.25) is 0 Å². The highest BCUT2D eigenvalue weighted by molar-refractivity contribution is 7.91. The van der Waals surface area contributed by atoms with Crippen LogP contribution in [0.5, 0.6) is 0 Å². The van der Waals surface area contributed by atoms with Crippen LogP contribution in [-0.2, 0) is 9.84 Å². The van der Waals surface area contributed by atoms with E-state index >= 15 is 0 Å². The number of rotatable bonds is 3. The maximum Gasteiger partial charge on any atom is 0.391 e. The van der Waals surface area contributed by atoms with Gasteiger partial charge in [-0.25, -0.2) is 8.42 Å². The Morgan fingerprint density at radius 2 is 1.70 bits per heavy atom. The van der Waals surface area contributed by atoms with Crippen molar-refractivity contribution in [1.29, 1.82) is 0 Å². The van der Waals surface area contributed by atoms with E-state index in [1.165, 1.54) is 0 Å². The van der Waals surface area contributed by atoms with Crippen LogP contribution in [-0.4, -0.2) is 38.7 Å². The van der Waals surface area contributed by atoms with E-state index in [1.54, 1.807) is 0 Å². The molecule has 2 fully saturated rings. The van der Waals surface area contributed by atoms with E-state index in [0.717, 1.165) is 6.42 Å². The summed E-state index contributed by atoms with van der Waals surface area (Å²) in [4.78, 5) is 0. The first-order valence-corrected chi connectivity index (χ1v) is 9.09. The largest absolute Gasteiger partial charge is 0.391 e. The topological polar surface area (TPSA) is 46.2 Å². The van der Waals surface area contributed by atoms with Crippen LogP contribution in [0.1, 0.15) is 38.5 Å². The van der Waals surface area contributed by atoms with Gasteiger partial charge in [0.1, 0.15) is 9.84 Å². The lowest BCUT2D eigenvalue weighted by Gasteiger charge is -2.32. The number of hydrogen-bond acceptors (Lipinski definition) is 3. The molecule has 0 aromatic carbocycles. The van der Waals surface area contributed by atoms with E-state index in [4.69, 9.17) is 0 Å². The van der Waals surface area contributed by atoms with Gasteiger partial charge in [0.15, 0.2) is 0 Å². The SMILES string of the molecule is O=S1(=O)CCC(CN[C@@H]2CCC[C@H](C(F)(F)F)C2)CC1. The van der Waals surface area contributed by atoms with E-state index < -0.39 is 21.9 Å². The fourth-order valence-electron chi connectivity index (χ4n) is 3.15. The van der Waals surface area contributed by atoms with Crippen molar-refractivity contribution < 1.29 is 21.6 Å². The molecule has 2 aliphatic rings. The third-order valence-electron chi connectivity index (χ3n) is 4.51. The van der Waals surface area contributed by atoms with Crippen LogP contribution < -0.4 is 5.32 Å². The van der Waals surface area contributed by atoms with Gasteiger partial charge in [0.25, 0.3) is 0 Å². The van der Waals surface area contributed by atoms with Gasteiger partial charge in [-0.15, -0.1) is 0 Å². The summed E-state index contributed by atoms with van der Waals surface area (Å²) in [5.74, 6) is -0.463. The molecule has 20 heavy (non-hydrogen) atoms. The first kappa shape index (κ1) is 16.1. The molecular weight excluding hydrogens is 291 g/mol. The predicted molar refractivity (Wildman–Crippen MR) is 71.2 cm³/mol. The molecule has 0 amide bonds. The van der Waals surface area contributed by atoms with Crippen molar-refractivity contribution in [2.45, 2.75) is 50.7 Å². The molecule has 118 valence electrons. The fraction of sp³-hybridized carbons (Fsp3) is 1.00. The zero-order valence-corrected chi connectivity index (χ0v) is 12.3. The number of alkyl halides is 3. The molecule has 0 bridgehead atoms. The Bertz CT molecular complexity index is 408. The van der Waals surface area contributed by atoms with Crippen molar-refractivity contribution in [2.75, 3.05) is 18.1 Å². The van der Waals surface area contributed by atoms with E-state index in [9.17, 15) is 21.6 Å². The van der Waals surface area contributed by atoms with E-state index in [1.807, 2.05) is 0 Å². The summed E-state index contributed by atoms with van der Waals surface area (Å²) in [5, 5.41) is 3.23. The Labute approximate surface area is 118 Å². The molecule has 1 N–H and O–H groups in total. The zero-order valence-electron chi connectivity index (χ0n) is 11.5. The van der Waals surface area contributed by atoms with Crippen molar-refractivity contribution in [3.8, 4) is 0 Å². The van der Waals surface area contributed by atoms with Crippen LogP contribution in [0.3, 0.4) is 0 Å². The third-order valence-corrected chi connectivity index (χ3v) is 6.22. The first-order chi connectivity index (χ1) is 9.26. The predicted octanol–water partition coefficient (Wildman–Crippen LogP) is 2.52. The Hall–Kier alpha value is -0.300. The second-order valence-electron chi connectivity index (χ2n) is 6.11. The number of sulfone groups is 1. The van der Waals surface area contributed by atoms with Crippen LogP contribution in [0.25, 0.3) is 0 Å². The van der Waals surface area contributed by atoms with E-state index in [-0.39, 0.29) is 36.3 Å². The minimum atomic E-state index is -4.08. The Kier molecular flexibility index (Phi) is 5.00. The first-order valence-electron chi connectivity index (χ1n) is 7.27. The summed E-state index contributed by atoms with van der Waals surface area (Å²) in [6, 6.07) is -0.0751. The summed E-state index contributed by atoms with van der Waals surface area (Å²) >= 11 is 0. The summed E-state index contributed by atoms with van der Waals surface area (Å²) in [6.07, 6.45) is -1.02. The Balaban J connectivity index is 1.74.